The van der Waals surface area contributed by atoms with E-state index in [1.54, 1.807) is 13.0 Å². The maximum Gasteiger partial charge on any atom is 0.310 e. The van der Waals surface area contributed by atoms with E-state index in [1.165, 1.54) is 0 Å². The van der Waals surface area contributed by atoms with E-state index in [1.807, 2.05) is 6.92 Å². The van der Waals surface area contributed by atoms with Crippen molar-refractivity contribution in [3.63, 3.8) is 0 Å². The largest absolute Gasteiger partial charge is 0.466 e. The van der Waals surface area contributed by atoms with Crippen LogP contribution in [-0.4, -0.2) is 47.7 Å². The maximum absolute atomic E-state index is 12.8. The van der Waals surface area contributed by atoms with Gasteiger partial charge in [0.2, 0.25) is 5.91 Å². The van der Waals surface area contributed by atoms with Crippen LogP contribution >= 0.6 is 0 Å². The van der Waals surface area contributed by atoms with Crippen LogP contribution in [-0.2, 0) is 14.3 Å². The molecule has 7 heteroatoms. The molecule has 140 valence electrons. The lowest BCUT2D eigenvalue weighted by Gasteiger charge is -2.36. The quantitative estimate of drug-likeness (QED) is 0.725. The van der Waals surface area contributed by atoms with Crippen LogP contribution in [0.25, 0.3) is 0 Å². The van der Waals surface area contributed by atoms with Gasteiger partial charge in [0.05, 0.1) is 18.6 Å². The summed E-state index contributed by atoms with van der Waals surface area (Å²) in [5.41, 5.74) is 0. The van der Waals surface area contributed by atoms with Crippen molar-refractivity contribution < 1.29 is 18.8 Å². The zero-order chi connectivity index (χ0) is 18.2. The Morgan fingerprint density at radius 3 is 2.92 bits per heavy atom. The predicted octanol–water partition coefficient (Wildman–Crippen LogP) is 2.76. The van der Waals surface area contributed by atoms with Crippen molar-refractivity contribution in [1.82, 2.24) is 10.1 Å². The number of nitrogens with zero attached hydrogens (tertiary/aromatic N) is 2. The lowest BCUT2D eigenvalue weighted by Crippen LogP contribution is -2.50. The van der Waals surface area contributed by atoms with Crippen LogP contribution in [0.4, 0.5) is 5.82 Å². The van der Waals surface area contributed by atoms with Gasteiger partial charge in [-0.2, -0.15) is 0 Å². The molecule has 1 saturated heterocycles. The Morgan fingerprint density at radius 1 is 1.48 bits per heavy atom. The number of carbonyl (C=O) groups excluding carboxylic acids is 2. The van der Waals surface area contributed by atoms with Gasteiger partial charge in [-0.05, 0) is 39.7 Å². The highest BCUT2D eigenvalue weighted by Crippen LogP contribution is 2.23. The fourth-order valence-corrected chi connectivity index (χ4v) is 3.25. The number of carbonyl (C=O) groups is 2. The van der Waals surface area contributed by atoms with Gasteiger partial charge >= 0.3 is 5.97 Å². The fraction of sp³-hybridized carbons (Fsp3) is 0.722. The molecule has 1 aromatic rings. The molecule has 1 N–H and O–H groups in total. The summed E-state index contributed by atoms with van der Waals surface area (Å²) in [6, 6.07) is 1.43. The number of esters is 1. The third-order valence-electron chi connectivity index (χ3n) is 4.53. The monoisotopic (exact) mass is 351 g/mol. The van der Waals surface area contributed by atoms with Crippen molar-refractivity contribution in [2.45, 2.75) is 58.9 Å². The molecule has 0 spiro atoms. The number of piperidine rings is 1. The lowest BCUT2D eigenvalue weighted by molar-refractivity contribution is -0.150. The van der Waals surface area contributed by atoms with E-state index < -0.39 is 0 Å². The van der Waals surface area contributed by atoms with Crippen molar-refractivity contribution >= 4 is 17.7 Å². The van der Waals surface area contributed by atoms with Gasteiger partial charge in [-0.3, -0.25) is 14.5 Å². The van der Waals surface area contributed by atoms with Crippen LogP contribution in [0.5, 0.6) is 0 Å². The Bertz CT molecular complexity index is 572. The summed E-state index contributed by atoms with van der Waals surface area (Å²) in [5, 5.41) is 6.67. The summed E-state index contributed by atoms with van der Waals surface area (Å²) in [5.74, 6) is 0.684. The van der Waals surface area contributed by atoms with Gasteiger partial charge in [0, 0.05) is 12.6 Å². The summed E-state index contributed by atoms with van der Waals surface area (Å²) < 4.78 is 10.2. The van der Waals surface area contributed by atoms with Crippen LogP contribution in [0.15, 0.2) is 10.6 Å². The van der Waals surface area contributed by atoms with E-state index in [9.17, 15) is 9.59 Å². The van der Waals surface area contributed by atoms with Crippen molar-refractivity contribution in [2.75, 3.05) is 25.0 Å². The number of nitrogens with one attached hydrogen (secondary N) is 1. The topological polar surface area (TPSA) is 84.7 Å². The van der Waals surface area contributed by atoms with Crippen LogP contribution in [0, 0.1) is 12.8 Å². The maximum atomic E-state index is 12.8. The SMILES string of the molecule is CCCCC(C(=O)Nc1cc(C)on1)N1CCCC(C(=O)OCC)C1. The molecule has 7 nitrogen and oxygen atoms in total. The molecule has 1 amide bonds. The normalized spacial score (nSPS) is 19.4. The summed E-state index contributed by atoms with van der Waals surface area (Å²) in [6.07, 6.45) is 4.44. The Morgan fingerprint density at radius 2 is 2.28 bits per heavy atom. The number of anilines is 1. The van der Waals surface area contributed by atoms with Gasteiger partial charge in [0.1, 0.15) is 5.76 Å². The van der Waals surface area contributed by atoms with Crippen LogP contribution in [0.2, 0.25) is 0 Å². The molecule has 0 aromatic carbocycles. The molecule has 0 radical (unpaired) electrons. The van der Waals surface area contributed by atoms with Gasteiger partial charge in [-0.1, -0.05) is 24.9 Å². The Hall–Kier alpha value is -1.89. The van der Waals surface area contributed by atoms with Gasteiger partial charge in [0.25, 0.3) is 0 Å². The Kier molecular flexibility index (Phi) is 7.43. The minimum absolute atomic E-state index is 0.0914. The minimum Gasteiger partial charge on any atom is -0.466 e. The van der Waals surface area contributed by atoms with Gasteiger partial charge < -0.3 is 14.6 Å². The third kappa shape index (κ3) is 5.56. The van der Waals surface area contributed by atoms with Gasteiger partial charge in [0.15, 0.2) is 5.82 Å². The summed E-state index contributed by atoms with van der Waals surface area (Å²) in [4.78, 5) is 27.0. The predicted molar refractivity (Wildman–Crippen MR) is 94.1 cm³/mol. The van der Waals surface area contributed by atoms with E-state index in [0.29, 0.717) is 24.7 Å². The average Bonchev–Trinajstić information content (AvgIpc) is 3.00. The minimum atomic E-state index is -0.269. The van der Waals surface area contributed by atoms with Crippen molar-refractivity contribution in [3.05, 3.63) is 11.8 Å². The first kappa shape index (κ1) is 19.4. The number of ether oxygens (including phenoxy) is 1. The fourth-order valence-electron chi connectivity index (χ4n) is 3.25. The molecular formula is C18H29N3O4. The van der Waals surface area contributed by atoms with E-state index in [4.69, 9.17) is 9.26 Å². The molecule has 1 aliphatic rings. The molecule has 1 aromatic heterocycles. The number of amides is 1. The zero-order valence-corrected chi connectivity index (χ0v) is 15.4. The highest BCUT2D eigenvalue weighted by molar-refractivity contribution is 5.94. The molecule has 2 unspecified atom stereocenters. The molecule has 1 fully saturated rings. The van der Waals surface area contributed by atoms with Gasteiger partial charge in [-0.25, -0.2) is 0 Å². The molecule has 0 bridgehead atoms. The second-order valence-corrected chi connectivity index (χ2v) is 6.56. The van der Waals surface area contributed by atoms with Crippen LogP contribution in [0.1, 0.15) is 51.7 Å². The third-order valence-corrected chi connectivity index (χ3v) is 4.53. The summed E-state index contributed by atoms with van der Waals surface area (Å²) in [6.45, 7) is 7.48. The molecule has 2 heterocycles. The molecule has 0 saturated carbocycles. The highest BCUT2D eigenvalue weighted by Gasteiger charge is 2.33. The molecule has 2 atom stereocenters. The second kappa shape index (κ2) is 9.56. The molecular weight excluding hydrogens is 322 g/mol. The van der Waals surface area contributed by atoms with E-state index in [0.717, 1.165) is 38.6 Å². The van der Waals surface area contributed by atoms with Crippen molar-refractivity contribution in [2.24, 2.45) is 5.92 Å². The van der Waals surface area contributed by atoms with Crippen molar-refractivity contribution in [3.8, 4) is 0 Å². The standard InChI is InChI=1S/C18H29N3O4/c1-4-6-9-15(17(22)19-16-11-13(3)25-20-16)21-10-7-8-14(12-21)18(23)24-5-2/h11,14-15H,4-10,12H2,1-3H3,(H,19,20,22). The first-order valence-electron chi connectivity index (χ1n) is 9.20. The number of aryl methyl sites for hydroxylation is 1. The number of unbranched alkanes of at least 4 members (excludes halogenated alkanes) is 1. The smallest absolute Gasteiger partial charge is 0.310 e. The number of aromatic nitrogens is 1. The lowest BCUT2D eigenvalue weighted by atomic mass is 9.95. The summed E-state index contributed by atoms with van der Waals surface area (Å²) in [7, 11) is 0. The molecule has 2 rings (SSSR count). The number of hydrogen-bond donors (Lipinski definition) is 1. The van der Waals surface area contributed by atoms with Crippen molar-refractivity contribution in [1.29, 1.82) is 0 Å². The molecule has 25 heavy (non-hydrogen) atoms. The highest BCUT2D eigenvalue weighted by atomic mass is 16.5. The number of likely N-dealkylation sites (tertiary alicyclic amines) is 1. The van der Waals surface area contributed by atoms with Crippen LogP contribution in [0.3, 0.4) is 0 Å². The first-order chi connectivity index (χ1) is 12.0. The summed E-state index contributed by atoms with van der Waals surface area (Å²) >= 11 is 0. The van der Waals surface area contributed by atoms with Crippen LogP contribution < -0.4 is 5.32 Å². The molecule has 1 aliphatic heterocycles. The first-order valence-corrected chi connectivity index (χ1v) is 9.20. The van der Waals surface area contributed by atoms with E-state index >= 15 is 0 Å². The number of hydrogen-bond acceptors (Lipinski definition) is 6. The van der Waals surface area contributed by atoms with E-state index in [-0.39, 0.29) is 23.8 Å². The number of rotatable bonds is 8. The van der Waals surface area contributed by atoms with Gasteiger partial charge in [-0.15, -0.1) is 0 Å². The second-order valence-electron chi connectivity index (χ2n) is 6.56. The Balaban J connectivity index is 2.04. The average molecular weight is 351 g/mol. The zero-order valence-electron chi connectivity index (χ0n) is 15.4. The molecule has 0 aliphatic carbocycles. The Labute approximate surface area is 149 Å². The van der Waals surface area contributed by atoms with E-state index in [2.05, 4.69) is 22.3 Å².